The molecule has 0 aliphatic carbocycles. The van der Waals surface area contributed by atoms with Crippen molar-refractivity contribution in [2.75, 3.05) is 13.2 Å². The van der Waals surface area contributed by atoms with Gasteiger partial charge in [-0.3, -0.25) is 4.79 Å². The number of nitrogens with zero attached hydrogens (tertiary/aromatic N) is 1. The van der Waals surface area contributed by atoms with E-state index in [2.05, 4.69) is 24.0 Å². The van der Waals surface area contributed by atoms with Crippen LogP contribution in [-0.2, 0) is 11.2 Å². The Balaban J connectivity index is 1.81. The summed E-state index contributed by atoms with van der Waals surface area (Å²) in [4.78, 5) is 11.8. The van der Waals surface area contributed by atoms with Crippen LogP contribution in [0.25, 0.3) is 0 Å². The third kappa shape index (κ3) is 6.43. The second-order valence-corrected chi connectivity index (χ2v) is 5.61. The van der Waals surface area contributed by atoms with Crippen molar-refractivity contribution >= 4 is 12.1 Å². The zero-order valence-corrected chi connectivity index (χ0v) is 15.0. The Morgan fingerprint density at radius 3 is 2.65 bits per heavy atom. The van der Waals surface area contributed by atoms with Crippen LogP contribution in [0.2, 0.25) is 0 Å². The molecule has 2 aromatic carbocycles. The molecule has 0 saturated heterocycles. The maximum absolute atomic E-state index is 11.8. The van der Waals surface area contributed by atoms with Crippen LogP contribution in [0.15, 0.2) is 66.3 Å². The zero-order chi connectivity index (χ0) is 18.6. The first kappa shape index (κ1) is 19.2. The molecular formula is C21H24N2O3. The van der Waals surface area contributed by atoms with Crippen molar-refractivity contribution in [1.29, 1.82) is 0 Å². The van der Waals surface area contributed by atoms with Crippen LogP contribution in [0, 0.1) is 0 Å². The highest BCUT2D eigenvalue weighted by atomic mass is 16.5. The van der Waals surface area contributed by atoms with E-state index in [1.54, 1.807) is 6.08 Å². The molecule has 5 nitrogen and oxygen atoms in total. The van der Waals surface area contributed by atoms with E-state index in [-0.39, 0.29) is 12.5 Å². The Hall–Kier alpha value is -3.08. The summed E-state index contributed by atoms with van der Waals surface area (Å²) in [5.74, 6) is 1.00. The molecule has 0 aromatic heterocycles. The average molecular weight is 352 g/mol. The molecule has 0 aliphatic rings. The van der Waals surface area contributed by atoms with Crippen molar-refractivity contribution in [1.82, 2.24) is 5.43 Å². The van der Waals surface area contributed by atoms with E-state index in [0.29, 0.717) is 18.1 Å². The van der Waals surface area contributed by atoms with E-state index in [4.69, 9.17) is 9.47 Å². The molecule has 0 fully saturated rings. The number of para-hydroxylation sites is 1. The first-order valence-electron chi connectivity index (χ1n) is 8.59. The largest absolute Gasteiger partial charge is 0.489 e. The number of carbonyl (C=O) groups excluding carboxylic acids is 1. The Kier molecular flexibility index (Phi) is 7.93. The van der Waals surface area contributed by atoms with Gasteiger partial charge in [0.15, 0.2) is 6.61 Å². The first-order valence-corrected chi connectivity index (χ1v) is 8.59. The Labute approximate surface area is 154 Å². The monoisotopic (exact) mass is 352 g/mol. The summed E-state index contributed by atoms with van der Waals surface area (Å²) in [7, 11) is 0. The van der Waals surface area contributed by atoms with E-state index < -0.39 is 0 Å². The lowest BCUT2D eigenvalue weighted by molar-refractivity contribution is -0.123. The number of hydrogen-bond donors (Lipinski definition) is 1. The fourth-order valence-electron chi connectivity index (χ4n) is 2.26. The fourth-order valence-corrected chi connectivity index (χ4v) is 2.26. The maximum atomic E-state index is 11.8. The van der Waals surface area contributed by atoms with E-state index in [9.17, 15) is 4.79 Å². The molecule has 26 heavy (non-hydrogen) atoms. The van der Waals surface area contributed by atoms with Gasteiger partial charge in [-0.05, 0) is 36.2 Å². The number of hydrazone groups is 1. The zero-order valence-electron chi connectivity index (χ0n) is 15.0. The van der Waals surface area contributed by atoms with Gasteiger partial charge in [0.1, 0.15) is 18.1 Å². The number of rotatable bonds is 10. The molecule has 2 rings (SSSR count). The highest BCUT2D eigenvalue weighted by Gasteiger charge is 2.03. The lowest BCUT2D eigenvalue weighted by Gasteiger charge is -2.07. The van der Waals surface area contributed by atoms with Crippen LogP contribution in [0.5, 0.6) is 11.5 Å². The Morgan fingerprint density at radius 1 is 1.15 bits per heavy atom. The highest BCUT2D eigenvalue weighted by Crippen LogP contribution is 2.15. The van der Waals surface area contributed by atoms with E-state index in [1.165, 1.54) is 11.8 Å². The normalized spacial score (nSPS) is 10.5. The van der Waals surface area contributed by atoms with Crippen LogP contribution in [0.4, 0.5) is 0 Å². The van der Waals surface area contributed by atoms with Gasteiger partial charge in [-0.25, -0.2) is 5.43 Å². The van der Waals surface area contributed by atoms with E-state index in [1.807, 2.05) is 48.5 Å². The summed E-state index contributed by atoms with van der Waals surface area (Å²) in [6, 6.07) is 15.2. The summed E-state index contributed by atoms with van der Waals surface area (Å²) >= 11 is 0. The van der Waals surface area contributed by atoms with Gasteiger partial charge < -0.3 is 9.47 Å². The van der Waals surface area contributed by atoms with Gasteiger partial charge in [0.05, 0.1) is 6.21 Å². The van der Waals surface area contributed by atoms with Gasteiger partial charge in [0, 0.05) is 5.56 Å². The predicted octanol–water partition coefficient (Wildman–Crippen LogP) is 3.73. The molecule has 0 saturated carbocycles. The standard InChI is InChI=1S/C21H24N2O3/c1-3-7-17-10-12-19(13-11-17)26-16-21(24)23-22-15-18-8-5-6-9-20(18)25-14-4-2/h4-6,8-13,15H,2-3,7,14,16H2,1H3,(H,23,24)/b22-15-. The van der Waals surface area contributed by atoms with Crippen LogP contribution in [-0.4, -0.2) is 25.3 Å². The SMILES string of the molecule is C=CCOc1ccccc1/C=N\NC(=O)COc1ccc(CCC)cc1. The average Bonchev–Trinajstić information content (AvgIpc) is 2.67. The van der Waals surface area contributed by atoms with Crippen molar-refractivity contribution < 1.29 is 14.3 Å². The molecule has 136 valence electrons. The minimum Gasteiger partial charge on any atom is -0.489 e. The molecule has 5 heteroatoms. The number of benzene rings is 2. The lowest BCUT2D eigenvalue weighted by atomic mass is 10.1. The van der Waals surface area contributed by atoms with Crippen molar-refractivity contribution in [2.24, 2.45) is 5.10 Å². The first-order chi connectivity index (χ1) is 12.7. The molecule has 0 unspecified atom stereocenters. The summed E-state index contributed by atoms with van der Waals surface area (Å²) in [6.07, 6.45) is 5.34. The molecule has 0 bridgehead atoms. The number of aryl methyl sites for hydroxylation is 1. The molecule has 0 heterocycles. The maximum Gasteiger partial charge on any atom is 0.277 e. The molecule has 0 aliphatic heterocycles. The van der Waals surface area contributed by atoms with E-state index in [0.717, 1.165) is 18.4 Å². The van der Waals surface area contributed by atoms with Gasteiger partial charge in [-0.2, -0.15) is 5.10 Å². The predicted molar refractivity (Wildman–Crippen MR) is 104 cm³/mol. The quantitative estimate of drug-likeness (QED) is 0.403. The lowest BCUT2D eigenvalue weighted by Crippen LogP contribution is -2.24. The number of nitrogens with one attached hydrogen (secondary N) is 1. The van der Waals surface area contributed by atoms with Crippen molar-refractivity contribution in [3.63, 3.8) is 0 Å². The second-order valence-electron chi connectivity index (χ2n) is 5.61. The topological polar surface area (TPSA) is 59.9 Å². The Morgan fingerprint density at radius 2 is 1.92 bits per heavy atom. The molecule has 1 N–H and O–H groups in total. The van der Waals surface area contributed by atoms with Gasteiger partial charge in [-0.1, -0.05) is 50.3 Å². The molecule has 0 radical (unpaired) electrons. The summed E-state index contributed by atoms with van der Waals surface area (Å²) in [6.45, 7) is 6.07. The number of amides is 1. The molecule has 0 spiro atoms. The van der Waals surface area contributed by atoms with Crippen LogP contribution >= 0.6 is 0 Å². The molecule has 0 atom stereocenters. The number of carbonyl (C=O) groups is 1. The fraction of sp³-hybridized carbons (Fsp3) is 0.238. The molecular weight excluding hydrogens is 328 g/mol. The molecule has 2 aromatic rings. The minimum atomic E-state index is -0.330. The Bertz CT molecular complexity index is 739. The van der Waals surface area contributed by atoms with Gasteiger partial charge in [0.2, 0.25) is 0 Å². The van der Waals surface area contributed by atoms with Gasteiger partial charge in [-0.15, -0.1) is 0 Å². The second kappa shape index (κ2) is 10.7. The van der Waals surface area contributed by atoms with Crippen molar-refractivity contribution in [2.45, 2.75) is 19.8 Å². The van der Waals surface area contributed by atoms with Crippen LogP contribution in [0.1, 0.15) is 24.5 Å². The van der Waals surface area contributed by atoms with Gasteiger partial charge in [0.25, 0.3) is 5.91 Å². The molecule has 1 amide bonds. The third-order valence-electron chi connectivity index (χ3n) is 3.50. The minimum absolute atomic E-state index is 0.0981. The van der Waals surface area contributed by atoms with E-state index >= 15 is 0 Å². The summed E-state index contributed by atoms with van der Waals surface area (Å²) in [5.41, 5.74) is 4.47. The third-order valence-corrected chi connectivity index (χ3v) is 3.50. The van der Waals surface area contributed by atoms with Crippen LogP contribution in [0.3, 0.4) is 0 Å². The summed E-state index contributed by atoms with van der Waals surface area (Å²) in [5, 5.41) is 3.95. The summed E-state index contributed by atoms with van der Waals surface area (Å²) < 4.78 is 11.0. The number of hydrogen-bond acceptors (Lipinski definition) is 4. The number of ether oxygens (including phenoxy) is 2. The van der Waals surface area contributed by atoms with Crippen LogP contribution < -0.4 is 14.9 Å². The van der Waals surface area contributed by atoms with Crippen molar-refractivity contribution in [3.05, 3.63) is 72.3 Å². The van der Waals surface area contributed by atoms with Crippen molar-refractivity contribution in [3.8, 4) is 11.5 Å². The van der Waals surface area contributed by atoms with Gasteiger partial charge >= 0.3 is 0 Å². The smallest absolute Gasteiger partial charge is 0.277 e. The highest BCUT2D eigenvalue weighted by molar-refractivity contribution is 5.85.